The second-order valence-corrected chi connectivity index (χ2v) is 5.10. The second-order valence-electron chi connectivity index (χ2n) is 4.32. The van der Waals surface area contributed by atoms with Gasteiger partial charge in [-0.3, -0.25) is 0 Å². The van der Waals surface area contributed by atoms with E-state index < -0.39 is 0 Å². The molecule has 1 aromatic heterocycles. The molecular weight excluding hydrogens is 246 g/mol. The fraction of sp³-hybridized carbons (Fsp3) is 0.714. The zero-order chi connectivity index (χ0) is 13.2. The van der Waals surface area contributed by atoms with Gasteiger partial charge in [0.1, 0.15) is 0 Å². The van der Waals surface area contributed by atoms with Gasteiger partial charge in [0.15, 0.2) is 6.29 Å². The normalized spacial score (nSPS) is 13.1. The number of rotatable bonds is 10. The van der Waals surface area contributed by atoms with Gasteiger partial charge in [0.2, 0.25) is 0 Å². The van der Waals surface area contributed by atoms with Crippen molar-refractivity contribution in [1.29, 1.82) is 0 Å². The molecule has 0 amide bonds. The van der Waals surface area contributed by atoms with Gasteiger partial charge in [-0.25, -0.2) is 0 Å². The van der Waals surface area contributed by atoms with Crippen molar-refractivity contribution in [1.82, 2.24) is 5.32 Å². The molecule has 0 aliphatic rings. The van der Waals surface area contributed by atoms with Crippen LogP contribution < -0.4 is 5.32 Å². The summed E-state index contributed by atoms with van der Waals surface area (Å²) in [6, 6.07) is 2.68. The summed E-state index contributed by atoms with van der Waals surface area (Å²) in [7, 11) is 0. The minimum Gasteiger partial charge on any atom is -0.353 e. The molecule has 1 rings (SSSR count). The Labute approximate surface area is 114 Å². The summed E-state index contributed by atoms with van der Waals surface area (Å²) in [5.41, 5.74) is 1.41. The Hall–Kier alpha value is -0.420. The average Bonchev–Trinajstić information content (AvgIpc) is 2.82. The Morgan fingerprint density at radius 2 is 2.00 bits per heavy atom. The van der Waals surface area contributed by atoms with Crippen molar-refractivity contribution in [3.63, 3.8) is 0 Å². The van der Waals surface area contributed by atoms with Crippen LogP contribution in [0.1, 0.15) is 32.8 Å². The number of hydrogen-bond acceptors (Lipinski definition) is 4. The van der Waals surface area contributed by atoms with Gasteiger partial charge in [-0.05, 0) is 49.6 Å². The van der Waals surface area contributed by atoms with E-state index in [1.54, 1.807) is 11.3 Å². The number of thiophene rings is 1. The molecule has 1 heterocycles. The second kappa shape index (κ2) is 9.50. The van der Waals surface area contributed by atoms with Gasteiger partial charge in [0.05, 0.1) is 0 Å². The van der Waals surface area contributed by atoms with Crippen LogP contribution in [-0.4, -0.2) is 32.1 Å². The summed E-state index contributed by atoms with van der Waals surface area (Å²) in [5.74, 6) is 0. The van der Waals surface area contributed by atoms with Gasteiger partial charge < -0.3 is 14.8 Å². The van der Waals surface area contributed by atoms with Gasteiger partial charge in [0, 0.05) is 32.2 Å². The van der Waals surface area contributed by atoms with Crippen LogP contribution in [0.15, 0.2) is 16.8 Å². The maximum atomic E-state index is 5.51. The summed E-state index contributed by atoms with van der Waals surface area (Å²) in [6.07, 6.45) is 1.91. The Kier molecular flexibility index (Phi) is 8.25. The van der Waals surface area contributed by atoms with Crippen LogP contribution in [0.2, 0.25) is 0 Å². The first-order valence-corrected chi connectivity index (χ1v) is 7.68. The highest BCUT2D eigenvalue weighted by Crippen LogP contribution is 2.08. The molecule has 0 aliphatic heterocycles. The zero-order valence-corrected chi connectivity index (χ0v) is 12.5. The Morgan fingerprint density at radius 1 is 1.28 bits per heavy atom. The van der Waals surface area contributed by atoms with Crippen molar-refractivity contribution < 1.29 is 9.47 Å². The molecule has 0 aromatic carbocycles. The number of ether oxygens (including phenoxy) is 2. The van der Waals surface area contributed by atoms with Gasteiger partial charge in [-0.2, -0.15) is 11.3 Å². The van der Waals surface area contributed by atoms with E-state index in [-0.39, 0.29) is 6.29 Å². The van der Waals surface area contributed by atoms with E-state index in [9.17, 15) is 0 Å². The summed E-state index contributed by atoms with van der Waals surface area (Å²) >= 11 is 1.76. The quantitative estimate of drug-likeness (QED) is 0.663. The average molecular weight is 271 g/mol. The Bertz CT molecular complexity index is 284. The van der Waals surface area contributed by atoms with E-state index >= 15 is 0 Å². The fourth-order valence-corrected chi connectivity index (χ4v) is 2.55. The molecule has 4 heteroatoms. The monoisotopic (exact) mass is 271 g/mol. The van der Waals surface area contributed by atoms with Crippen LogP contribution in [0.3, 0.4) is 0 Å². The number of nitrogens with one attached hydrogen (secondary N) is 1. The lowest BCUT2D eigenvalue weighted by Gasteiger charge is -2.19. The molecule has 0 bridgehead atoms. The molecular formula is C14H25NO2S. The number of hydrogen-bond donors (Lipinski definition) is 1. The van der Waals surface area contributed by atoms with Crippen LogP contribution in [0.25, 0.3) is 0 Å². The van der Waals surface area contributed by atoms with Crippen LogP contribution in [0.4, 0.5) is 0 Å². The molecule has 0 radical (unpaired) electrons. The molecule has 104 valence electrons. The topological polar surface area (TPSA) is 30.5 Å². The van der Waals surface area contributed by atoms with Crippen LogP contribution in [0.5, 0.6) is 0 Å². The first-order chi connectivity index (χ1) is 8.76. The van der Waals surface area contributed by atoms with Crippen LogP contribution in [0, 0.1) is 0 Å². The predicted octanol–water partition coefficient (Wildman–Crippen LogP) is 3.06. The van der Waals surface area contributed by atoms with E-state index in [0.717, 1.165) is 19.4 Å². The third-order valence-electron chi connectivity index (χ3n) is 2.70. The van der Waals surface area contributed by atoms with Crippen molar-refractivity contribution in [3.05, 3.63) is 22.4 Å². The molecule has 18 heavy (non-hydrogen) atoms. The lowest BCUT2D eigenvalue weighted by Crippen LogP contribution is -2.32. The highest BCUT2D eigenvalue weighted by atomic mass is 32.1. The highest BCUT2D eigenvalue weighted by molar-refractivity contribution is 7.07. The third kappa shape index (κ3) is 6.50. The van der Waals surface area contributed by atoms with Crippen LogP contribution >= 0.6 is 11.3 Å². The van der Waals surface area contributed by atoms with Gasteiger partial charge in [-0.15, -0.1) is 0 Å². The minimum absolute atomic E-state index is 0.0687. The smallest absolute Gasteiger partial charge is 0.158 e. The largest absolute Gasteiger partial charge is 0.353 e. The lowest BCUT2D eigenvalue weighted by atomic mass is 10.1. The van der Waals surface area contributed by atoms with E-state index in [0.29, 0.717) is 19.3 Å². The molecule has 0 saturated carbocycles. The highest BCUT2D eigenvalue weighted by Gasteiger charge is 2.09. The molecule has 0 saturated heterocycles. The van der Waals surface area contributed by atoms with Gasteiger partial charge in [0.25, 0.3) is 0 Å². The molecule has 0 spiro atoms. The lowest BCUT2D eigenvalue weighted by molar-refractivity contribution is -0.138. The zero-order valence-electron chi connectivity index (χ0n) is 11.6. The predicted molar refractivity (Wildman–Crippen MR) is 77.1 cm³/mol. The SMILES string of the molecule is CCOC(CCNC(C)Cc1ccsc1)OCC. The summed E-state index contributed by atoms with van der Waals surface area (Å²) < 4.78 is 11.0. The minimum atomic E-state index is -0.0687. The maximum absolute atomic E-state index is 5.51. The fourth-order valence-electron chi connectivity index (χ4n) is 1.87. The maximum Gasteiger partial charge on any atom is 0.158 e. The molecule has 1 atom stereocenters. The van der Waals surface area contributed by atoms with Gasteiger partial charge in [-0.1, -0.05) is 0 Å². The molecule has 1 N–H and O–H groups in total. The van der Waals surface area contributed by atoms with Crippen molar-refractivity contribution in [3.8, 4) is 0 Å². The van der Waals surface area contributed by atoms with E-state index in [2.05, 4.69) is 29.1 Å². The van der Waals surface area contributed by atoms with Crippen LogP contribution in [-0.2, 0) is 15.9 Å². The van der Waals surface area contributed by atoms with E-state index in [1.165, 1.54) is 5.56 Å². The van der Waals surface area contributed by atoms with Crippen molar-refractivity contribution in [2.45, 2.75) is 45.9 Å². The van der Waals surface area contributed by atoms with Crippen molar-refractivity contribution in [2.75, 3.05) is 19.8 Å². The summed E-state index contributed by atoms with van der Waals surface area (Å²) in [5, 5.41) is 7.85. The van der Waals surface area contributed by atoms with E-state index in [1.807, 2.05) is 13.8 Å². The Morgan fingerprint density at radius 3 is 2.56 bits per heavy atom. The molecule has 1 aromatic rings. The summed E-state index contributed by atoms with van der Waals surface area (Å²) in [4.78, 5) is 0. The third-order valence-corrected chi connectivity index (χ3v) is 3.43. The first-order valence-electron chi connectivity index (χ1n) is 6.73. The molecule has 0 fully saturated rings. The Balaban J connectivity index is 2.15. The molecule has 3 nitrogen and oxygen atoms in total. The standard InChI is InChI=1S/C14H25NO2S/c1-4-16-14(17-5-2)6-8-15-12(3)10-13-7-9-18-11-13/h7,9,11-12,14-15H,4-6,8,10H2,1-3H3. The van der Waals surface area contributed by atoms with Crippen molar-refractivity contribution in [2.24, 2.45) is 0 Å². The van der Waals surface area contributed by atoms with Crippen molar-refractivity contribution >= 4 is 11.3 Å². The first kappa shape index (κ1) is 15.6. The van der Waals surface area contributed by atoms with E-state index in [4.69, 9.17) is 9.47 Å². The van der Waals surface area contributed by atoms with Gasteiger partial charge >= 0.3 is 0 Å². The molecule has 1 unspecified atom stereocenters. The molecule has 0 aliphatic carbocycles. The summed E-state index contributed by atoms with van der Waals surface area (Å²) in [6.45, 7) is 8.55.